The summed E-state index contributed by atoms with van der Waals surface area (Å²) < 4.78 is 5.12. The number of anilines is 1. The number of carbonyl (C=O) groups is 1. The van der Waals surface area contributed by atoms with Crippen molar-refractivity contribution in [2.24, 2.45) is 0 Å². The highest BCUT2D eigenvalue weighted by atomic mass is 16.5. The van der Waals surface area contributed by atoms with Crippen LogP contribution < -0.4 is 15.8 Å². The molecule has 1 unspecified atom stereocenters. The van der Waals surface area contributed by atoms with E-state index >= 15 is 0 Å². The van der Waals surface area contributed by atoms with Crippen LogP contribution in [0.5, 0.6) is 5.75 Å². The van der Waals surface area contributed by atoms with Crippen molar-refractivity contribution >= 4 is 11.9 Å². The number of amides is 1. The van der Waals surface area contributed by atoms with E-state index in [0.717, 1.165) is 41.8 Å². The number of benzene rings is 1. The number of rotatable bonds is 4. The molecular formula is C17H20N4O2. The van der Waals surface area contributed by atoms with Crippen LogP contribution in [0.4, 0.5) is 5.95 Å². The molecule has 120 valence electrons. The molecule has 23 heavy (non-hydrogen) atoms. The zero-order valence-electron chi connectivity index (χ0n) is 13.1. The number of ether oxygens (including phenoxy) is 1. The van der Waals surface area contributed by atoms with Gasteiger partial charge in [0, 0.05) is 17.9 Å². The number of nitrogens with zero attached hydrogens (tertiary/aromatic N) is 2. The summed E-state index contributed by atoms with van der Waals surface area (Å²) in [6.45, 7) is 0. The van der Waals surface area contributed by atoms with Crippen LogP contribution in [0.25, 0.3) is 0 Å². The molecule has 3 rings (SSSR count). The summed E-state index contributed by atoms with van der Waals surface area (Å²) in [4.78, 5) is 20.5. The highest BCUT2D eigenvalue weighted by molar-refractivity contribution is 5.79. The van der Waals surface area contributed by atoms with Gasteiger partial charge in [-0.05, 0) is 42.5 Å². The number of carbonyl (C=O) groups excluding carboxylic acids is 1. The number of fused-ring (bicyclic) bond motifs is 1. The van der Waals surface area contributed by atoms with Gasteiger partial charge in [0.1, 0.15) is 5.75 Å². The predicted octanol–water partition coefficient (Wildman–Crippen LogP) is 1.28. The zero-order chi connectivity index (χ0) is 16.2. The Morgan fingerprint density at radius 3 is 2.91 bits per heavy atom. The number of aromatic nitrogens is 2. The monoisotopic (exact) mass is 312 g/mol. The number of methoxy groups -OCH3 is 1. The highest BCUT2D eigenvalue weighted by Crippen LogP contribution is 2.20. The lowest BCUT2D eigenvalue weighted by atomic mass is 9.92. The second kappa shape index (κ2) is 6.64. The minimum Gasteiger partial charge on any atom is -0.497 e. The van der Waals surface area contributed by atoms with Crippen LogP contribution in [-0.4, -0.2) is 29.0 Å². The third-order valence-electron chi connectivity index (χ3n) is 4.06. The Bertz CT molecular complexity index is 700. The van der Waals surface area contributed by atoms with E-state index in [9.17, 15) is 4.79 Å². The average molecular weight is 312 g/mol. The van der Waals surface area contributed by atoms with Crippen LogP contribution in [0.3, 0.4) is 0 Å². The van der Waals surface area contributed by atoms with Crippen molar-refractivity contribution in [3.8, 4) is 5.75 Å². The molecule has 6 nitrogen and oxygen atoms in total. The van der Waals surface area contributed by atoms with Gasteiger partial charge >= 0.3 is 0 Å². The van der Waals surface area contributed by atoms with Crippen molar-refractivity contribution in [3.63, 3.8) is 0 Å². The van der Waals surface area contributed by atoms with Crippen molar-refractivity contribution in [3.05, 3.63) is 47.3 Å². The first kappa shape index (κ1) is 15.3. The molecule has 0 radical (unpaired) electrons. The number of nitrogens with one attached hydrogen (secondary N) is 1. The Morgan fingerprint density at radius 1 is 1.39 bits per heavy atom. The van der Waals surface area contributed by atoms with Crippen molar-refractivity contribution in [2.45, 2.75) is 31.7 Å². The van der Waals surface area contributed by atoms with E-state index in [1.54, 1.807) is 13.3 Å². The molecule has 0 bridgehead atoms. The van der Waals surface area contributed by atoms with Crippen LogP contribution in [0.15, 0.2) is 30.5 Å². The van der Waals surface area contributed by atoms with Crippen molar-refractivity contribution in [1.82, 2.24) is 15.3 Å². The van der Waals surface area contributed by atoms with Crippen molar-refractivity contribution in [1.29, 1.82) is 0 Å². The van der Waals surface area contributed by atoms with E-state index < -0.39 is 0 Å². The fourth-order valence-electron chi connectivity index (χ4n) is 2.85. The lowest BCUT2D eigenvalue weighted by molar-refractivity contribution is -0.121. The zero-order valence-corrected chi connectivity index (χ0v) is 13.1. The van der Waals surface area contributed by atoms with E-state index in [0.29, 0.717) is 12.4 Å². The van der Waals surface area contributed by atoms with Gasteiger partial charge in [-0.2, -0.15) is 0 Å². The number of hydrogen-bond donors (Lipinski definition) is 2. The minimum absolute atomic E-state index is 0.0278. The third kappa shape index (κ3) is 3.77. The fraction of sp³-hybridized carbons (Fsp3) is 0.353. The van der Waals surface area contributed by atoms with Crippen molar-refractivity contribution in [2.75, 3.05) is 12.8 Å². The molecule has 0 fully saturated rings. The van der Waals surface area contributed by atoms with E-state index in [4.69, 9.17) is 10.5 Å². The smallest absolute Gasteiger partial charge is 0.224 e. The molecular weight excluding hydrogens is 292 g/mol. The maximum absolute atomic E-state index is 12.2. The molecule has 0 saturated carbocycles. The normalized spacial score (nSPS) is 16.5. The second-order valence-electron chi connectivity index (χ2n) is 5.73. The SMILES string of the molecule is COc1ccc(CC(=O)NC2CCc3nc(N)ncc3C2)cc1. The minimum atomic E-state index is 0.0278. The topological polar surface area (TPSA) is 90.1 Å². The Balaban J connectivity index is 1.57. The number of hydrogen-bond acceptors (Lipinski definition) is 5. The lowest BCUT2D eigenvalue weighted by Gasteiger charge is -2.24. The summed E-state index contributed by atoms with van der Waals surface area (Å²) in [6.07, 6.45) is 4.57. The molecule has 1 aliphatic rings. The van der Waals surface area contributed by atoms with Crippen LogP contribution in [0.2, 0.25) is 0 Å². The molecule has 0 aliphatic heterocycles. The summed E-state index contributed by atoms with van der Waals surface area (Å²) in [6, 6.07) is 7.67. The number of nitrogens with two attached hydrogens (primary N) is 1. The maximum Gasteiger partial charge on any atom is 0.224 e. The Labute approximate surface area is 135 Å². The van der Waals surface area contributed by atoms with E-state index in [-0.39, 0.29) is 11.9 Å². The fourth-order valence-corrected chi connectivity index (χ4v) is 2.85. The summed E-state index contributed by atoms with van der Waals surface area (Å²) in [5.41, 5.74) is 8.64. The van der Waals surface area contributed by atoms with Gasteiger partial charge in [-0.3, -0.25) is 4.79 Å². The molecule has 1 aromatic carbocycles. The molecule has 0 saturated heterocycles. The van der Waals surface area contributed by atoms with Gasteiger partial charge in [-0.15, -0.1) is 0 Å². The Morgan fingerprint density at radius 2 is 2.17 bits per heavy atom. The Kier molecular flexibility index (Phi) is 4.41. The van der Waals surface area contributed by atoms with Gasteiger partial charge in [0.2, 0.25) is 11.9 Å². The first-order valence-corrected chi connectivity index (χ1v) is 7.66. The van der Waals surface area contributed by atoms with E-state index in [1.807, 2.05) is 24.3 Å². The molecule has 0 spiro atoms. The first-order chi connectivity index (χ1) is 11.1. The van der Waals surface area contributed by atoms with Gasteiger partial charge in [-0.25, -0.2) is 9.97 Å². The summed E-state index contributed by atoms with van der Waals surface area (Å²) in [7, 11) is 1.62. The molecule has 3 N–H and O–H groups in total. The van der Waals surface area contributed by atoms with Gasteiger partial charge < -0.3 is 15.8 Å². The van der Waals surface area contributed by atoms with Crippen LogP contribution in [0.1, 0.15) is 23.2 Å². The molecule has 1 aromatic heterocycles. The number of nitrogen functional groups attached to an aromatic ring is 1. The molecule has 1 aliphatic carbocycles. The van der Waals surface area contributed by atoms with Gasteiger partial charge in [-0.1, -0.05) is 12.1 Å². The van der Waals surface area contributed by atoms with Crippen LogP contribution in [0, 0.1) is 0 Å². The average Bonchev–Trinajstić information content (AvgIpc) is 2.55. The molecule has 6 heteroatoms. The summed E-state index contributed by atoms with van der Waals surface area (Å²) in [5, 5.41) is 3.09. The largest absolute Gasteiger partial charge is 0.497 e. The standard InChI is InChI=1S/C17H20N4O2/c1-23-14-5-2-11(3-6-14)8-16(22)20-13-4-7-15-12(9-13)10-19-17(18)21-15/h2-3,5-6,10,13H,4,7-9H2,1H3,(H,20,22)(H2,18,19,21). The van der Waals surface area contributed by atoms with Gasteiger partial charge in [0.25, 0.3) is 0 Å². The predicted molar refractivity (Wildman–Crippen MR) is 87.1 cm³/mol. The maximum atomic E-state index is 12.2. The van der Waals surface area contributed by atoms with Crippen LogP contribution >= 0.6 is 0 Å². The van der Waals surface area contributed by atoms with E-state index in [2.05, 4.69) is 15.3 Å². The molecule has 1 heterocycles. The van der Waals surface area contributed by atoms with E-state index in [1.165, 1.54) is 0 Å². The quantitative estimate of drug-likeness (QED) is 0.887. The highest BCUT2D eigenvalue weighted by Gasteiger charge is 2.21. The lowest BCUT2D eigenvalue weighted by Crippen LogP contribution is -2.39. The molecule has 1 amide bonds. The molecule has 2 aromatic rings. The third-order valence-corrected chi connectivity index (χ3v) is 4.06. The van der Waals surface area contributed by atoms with Gasteiger partial charge in [0.05, 0.1) is 13.5 Å². The summed E-state index contributed by atoms with van der Waals surface area (Å²) in [5.74, 6) is 1.13. The number of aryl methyl sites for hydroxylation is 1. The molecule has 1 atom stereocenters. The van der Waals surface area contributed by atoms with Crippen molar-refractivity contribution < 1.29 is 9.53 Å². The summed E-state index contributed by atoms with van der Waals surface area (Å²) >= 11 is 0. The second-order valence-corrected chi connectivity index (χ2v) is 5.73. The Hall–Kier alpha value is -2.63. The van der Waals surface area contributed by atoms with Gasteiger partial charge in [0.15, 0.2) is 0 Å². The van der Waals surface area contributed by atoms with Crippen LogP contribution in [-0.2, 0) is 24.1 Å². The first-order valence-electron chi connectivity index (χ1n) is 7.66.